The summed E-state index contributed by atoms with van der Waals surface area (Å²) in [6.07, 6.45) is 0.898. The molecule has 0 radical (unpaired) electrons. The molecule has 2 aromatic rings. The zero-order valence-corrected chi connectivity index (χ0v) is 14.4. The fraction of sp³-hybridized carbons (Fsp3) is 0.400. The summed E-state index contributed by atoms with van der Waals surface area (Å²) in [4.78, 5) is 26.6. The van der Waals surface area contributed by atoms with Crippen LogP contribution in [0.5, 0.6) is 0 Å². The molecule has 3 rings (SSSR count). The Kier molecular flexibility index (Phi) is 5.34. The molecule has 1 heterocycles. The molecular weight excluding hydrogens is 316 g/mol. The van der Waals surface area contributed by atoms with Crippen molar-refractivity contribution in [1.82, 2.24) is 5.32 Å². The second-order valence-corrected chi connectivity index (χ2v) is 6.77. The van der Waals surface area contributed by atoms with E-state index < -0.39 is 0 Å². The normalized spacial score (nSPS) is 18.6. The number of fused-ring (bicyclic) bond motifs is 1. The number of rotatable bonds is 6. The van der Waals surface area contributed by atoms with Crippen LogP contribution in [0.1, 0.15) is 19.8 Å². The Balaban J connectivity index is 1.71. The Hall–Kier alpha value is -2.40. The molecule has 2 N–H and O–H groups in total. The van der Waals surface area contributed by atoms with Crippen LogP contribution >= 0.6 is 0 Å². The van der Waals surface area contributed by atoms with Crippen LogP contribution in [0.3, 0.4) is 0 Å². The number of carbonyl (C=O) groups excluding carboxylic acids is 2. The summed E-state index contributed by atoms with van der Waals surface area (Å²) in [5, 5.41) is 13.9. The summed E-state index contributed by atoms with van der Waals surface area (Å²) in [5.74, 6) is -0.200. The predicted molar refractivity (Wildman–Crippen MR) is 98.3 cm³/mol. The summed E-state index contributed by atoms with van der Waals surface area (Å²) < 4.78 is 0. The number of carbonyl (C=O) groups is 2. The molecule has 0 aliphatic carbocycles. The van der Waals surface area contributed by atoms with Gasteiger partial charge in [-0.15, -0.1) is 0 Å². The van der Waals surface area contributed by atoms with Gasteiger partial charge in [-0.05, 0) is 23.8 Å². The Morgan fingerprint density at radius 3 is 2.84 bits per heavy atom. The van der Waals surface area contributed by atoms with E-state index in [0.717, 1.165) is 16.5 Å². The number of aliphatic hydroxyl groups excluding tert-OH is 1. The number of amides is 2. The fourth-order valence-electron chi connectivity index (χ4n) is 3.30. The third kappa shape index (κ3) is 3.82. The molecule has 1 fully saturated rings. The number of nitrogens with one attached hydrogen (secondary N) is 1. The number of nitrogens with zero attached hydrogens (tertiary/aromatic N) is 1. The maximum Gasteiger partial charge on any atom is 0.227 e. The van der Waals surface area contributed by atoms with Crippen LogP contribution in [0, 0.1) is 11.8 Å². The fourth-order valence-corrected chi connectivity index (χ4v) is 3.30. The Labute approximate surface area is 147 Å². The lowest BCUT2D eigenvalue weighted by Crippen LogP contribution is -2.35. The van der Waals surface area contributed by atoms with Gasteiger partial charge in [-0.25, -0.2) is 0 Å². The van der Waals surface area contributed by atoms with Gasteiger partial charge in [0.15, 0.2) is 0 Å². The molecule has 2 aromatic carbocycles. The molecule has 2 atom stereocenters. The highest BCUT2D eigenvalue weighted by molar-refractivity contribution is 6.06. The van der Waals surface area contributed by atoms with Crippen molar-refractivity contribution in [3.8, 4) is 0 Å². The van der Waals surface area contributed by atoms with Crippen molar-refractivity contribution in [2.45, 2.75) is 19.8 Å². The van der Waals surface area contributed by atoms with Gasteiger partial charge in [-0.1, -0.05) is 43.3 Å². The molecule has 0 saturated carbocycles. The number of benzene rings is 2. The second kappa shape index (κ2) is 7.66. The minimum atomic E-state index is -0.326. The van der Waals surface area contributed by atoms with Gasteiger partial charge in [0, 0.05) is 31.5 Å². The van der Waals surface area contributed by atoms with E-state index in [2.05, 4.69) is 5.32 Å². The Morgan fingerprint density at radius 1 is 1.28 bits per heavy atom. The molecule has 1 saturated heterocycles. The molecule has 5 nitrogen and oxygen atoms in total. The predicted octanol–water partition coefficient (Wildman–Crippen LogP) is 2.33. The van der Waals surface area contributed by atoms with Crippen molar-refractivity contribution in [1.29, 1.82) is 0 Å². The first-order valence-electron chi connectivity index (χ1n) is 8.77. The highest BCUT2D eigenvalue weighted by Crippen LogP contribution is 2.31. The molecule has 0 spiro atoms. The number of hydrogen-bond acceptors (Lipinski definition) is 3. The monoisotopic (exact) mass is 340 g/mol. The number of aliphatic hydroxyl groups is 1. The van der Waals surface area contributed by atoms with E-state index in [1.807, 2.05) is 49.4 Å². The highest BCUT2D eigenvalue weighted by Gasteiger charge is 2.35. The minimum absolute atomic E-state index is 0.0140. The molecule has 1 aliphatic heterocycles. The van der Waals surface area contributed by atoms with Crippen LogP contribution in [0.15, 0.2) is 42.5 Å². The van der Waals surface area contributed by atoms with E-state index in [-0.39, 0.29) is 36.7 Å². The lowest BCUT2D eigenvalue weighted by molar-refractivity contribution is -0.126. The average Bonchev–Trinajstić information content (AvgIpc) is 3.01. The molecule has 1 aliphatic rings. The first kappa shape index (κ1) is 17.4. The minimum Gasteiger partial charge on any atom is -0.396 e. The molecule has 0 aromatic heterocycles. The van der Waals surface area contributed by atoms with Gasteiger partial charge in [0.2, 0.25) is 11.8 Å². The lowest BCUT2D eigenvalue weighted by atomic mass is 10.1. The van der Waals surface area contributed by atoms with Crippen LogP contribution in [-0.4, -0.2) is 36.6 Å². The van der Waals surface area contributed by atoms with Gasteiger partial charge in [0.05, 0.1) is 11.6 Å². The van der Waals surface area contributed by atoms with Gasteiger partial charge in [0.25, 0.3) is 0 Å². The standard InChI is InChI=1S/C20H24N2O3/c1-14(9-10-23)12-21-20(25)16-11-19(24)22(13-16)18-8-4-6-15-5-2-3-7-17(15)18/h2-8,14,16,23H,9-13H2,1H3,(H,21,25). The largest absolute Gasteiger partial charge is 0.396 e. The van der Waals surface area contributed by atoms with E-state index in [9.17, 15) is 9.59 Å². The van der Waals surface area contributed by atoms with Gasteiger partial charge >= 0.3 is 0 Å². The van der Waals surface area contributed by atoms with E-state index in [0.29, 0.717) is 19.5 Å². The molecule has 2 unspecified atom stereocenters. The maximum atomic E-state index is 12.5. The van der Waals surface area contributed by atoms with Crippen molar-refractivity contribution in [2.75, 3.05) is 24.6 Å². The smallest absolute Gasteiger partial charge is 0.227 e. The van der Waals surface area contributed by atoms with Crippen LogP contribution in [-0.2, 0) is 9.59 Å². The van der Waals surface area contributed by atoms with Crippen molar-refractivity contribution in [3.63, 3.8) is 0 Å². The lowest BCUT2D eigenvalue weighted by Gasteiger charge is -2.19. The van der Waals surface area contributed by atoms with E-state index in [1.54, 1.807) is 4.90 Å². The van der Waals surface area contributed by atoms with E-state index >= 15 is 0 Å². The number of anilines is 1. The molecule has 132 valence electrons. The molecule has 2 amide bonds. The molecule has 0 bridgehead atoms. The van der Waals surface area contributed by atoms with E-state index in [4.69, 9.17) is 5.11 Å². The third-order valence-electron chi connectivity index (χ3n) is 4.80. The first-order valence-corrected chi connectivity index (χ1v) is 8.77. The van der Waals surface area contributed by atoms with Gasteiger partial charge in [-0.2, -0.15) is 0 Å². The average molecular weight is 340 g/mol. The Morgan fingerprint density at radius 2 is 2.04 bits per heavy atom. The van der Waals surface area contributed by atoms with Crippen molar-refractivity contribution < 1.29 is 14.7 Å². The summed E-state index contributed by atoms with van der Waals surface area (Å²) in [6, 6.07) is 13.8. The van der Waals surface area contributed by atoms with Crippen molar-refractivity contribution in [2.24, 2.45) is 11.8 Å². The van der Waals surface area contributed by atoms with Gasteiger partial charge < -0.3 is 15.3 Å². The Bertz CT molecular complexity index is 769. The van der Waals surface area contributed by atoms with Gasteiger partial charge in [0.1, 0.15) is 0 Å². The zero-order chi connectivity index (χ0) is 17.8. The summed E-state index contributed by atoms with van der Waals surface area (Å²) in [6.45, 7) is 3.04. The van der Waals surface area contributed by atoms with Crippen LogP contribution in [0.4, 0.5) is 5.69 Å². The highest BCUT2D eigenvalue weighted by atomic mass is 16.3. The summed E-state index contributed by atoms with van der Waals surface area (Å²) in [5.41, 5.74) is 0.868. The summed E-state index contributed by atoms with van der Waals surface area (Å²) in [7, 11) is 0. The SMILES string of the molecule is CC(CCO)CNC(=O)C1CC(=O)N(c2cccc3ccccc23)C1. The topological polar surface area (TPSA) is 69.6 Å². The van der Waals surface area contributed by atoms with Crippen LogP contribution in [0.2, 0.25) is 0 Å². The second-order valence-electron chi connectivity index (χ2n) is 6.77. The van der Waals surface area contributed by atoms with Gasteiger partial charge in [-0.3, -0.25) is 9.59 Å². The van der Waals surface area contributed by atoms with Crippen LogP contribution < -0.4 is 10.2 Å². The van der Waals surface area contributed by atoms with Crippen molar-refractivity contribution in [3.05, 3.63) is 42.5 Å². The third-order valence-corrected chi connectivity index (χ3v) is 4.80. The maximum absolute atomic E-state index is 12.5. The molecule has 5 heteroatoms. The van der Waals surface area contributed by atoms with Crippen LogP contribution in [0.25, 0.3) is 10.8 Å². The quantitative estimate of drug-likeness (QED) is 0.848. The van der Waals surface area contributed by atoms with Crippen molar-refractivity contribution >= 4 is 28.3 Å². The first-order chi connectivity index (χ1) is 12.1. The molecular formula is C20H24N2O3. The summed E-state index contributed by atoms with van der Waals surface area (Å²) >= 11 is 0. The zero-order valence-electron chi connectivity index (χ0n) is 14.4. The molecule has 25 heavy (non-hydrogen) atoms. The number of hydrogen-bond donors (Lipinski definition) is 2. The van der Waals surface area contributed by atoms with E-state index in [1.165, 1.54) is 0 Å².